The molecule has 0 atom stereocenters. The van der Waals surface area contributed by atoms with Crippen LogP contribution in [0.4, 0.5) is 14.6 Å². The Hall–Kier alpha value is -1.19. The van der Waals surface area contributed by atoms with Gasteiger partial charge in [0.25, 0.3) is 0 Å². The molecule has 4 heteroatoms. The number of aromatic nitrogens is 1. The van der Waals surface area contributed by atoms with Crippen molar-refractivity contribution in [2.75, 3.05) is 5.32 Å². The Kier molecular flexibility index (Phi) is 4.50. The van der Waals surface area contributed by atoms with Crippen LogP contribution in [0.25, 0.3) is 0 Å². The van der Waals surface area contributed by atoms with Crippen LogP contribution < -0.4 is 5.32 Å². The van der Waals surface area contributed by atoms with Gasteiger partial charge < -0.3 is 5.32 Å². The summed E-state index contributed by atoms with van der Waals surface area (Å²) in [7, 11) is 0. The number of hydrogen-bond donors (Lipinski definition) is 1. The molecule has 1 aliphatic rings. The first-order valence-electron chi connectivity index (χ1n) is 6.76. The minimum absolute atomic E-state index is 0.176. The molecule has 1 heterocycles. The first kappa shape index (κ1) is 13.2. The van der Waals surface area contributed by atoms with E-state index in [-0.39, 0.29) is 11.9 Å². The summed E-state index contributed by atoms with van der Waals surface area (Å²) in [5.41, 5.74) is 0. The van der Waals surface area contributed by atoms with Crippen molar-refractivity contribution in [3.05, 3.63) is 23.9 Å². The topological polar surface area (TPSA) is 24.9 Å². The van der Waals surface area contributed by atoms with Crippen LogP contribution >= 0.6 is 0 Å². The minimum Gasteiger partial charge on any atom is -0.365 e. The third kappa shape index (κ3) is 3.40. The Labute approximate surface area is 107 Å². The molecule has 100 valence electrons. The van der Waals surface area contributed by atoms with Crippen LogP contribution in [0.2, 0.25) is 0 Å². The number of pyridine rings is 1. The molecule has 1 aliphatic carbocycles. The Morgan fingerprint density at radius 2 is 2.00 bits per heavy atom. The van der Waals surface area contributed by atoms with Crippen molar-refractivity contribution in [1.82, 2.24) is 4.98 Å². The predicted octanol–water partition coefficient (Wildman–Crippen LogP) is 4.13. The fraction of sp³-hybridized carbons (Fsp3) is 0.643. The standard InChI is InChI=1S/C14H20F2N2/c1-2-3-10-4-6-12(7-5-10)18-14-13(16)8-11(15)9-17-14/h8-10,12H,2-7H2,1H3,(H,17,18). The lowest BCUT2D eigenvalue weighted by Gasteiger charge is -2.29. The van der Waals surface area contributed by atoms with Crippen LogP contribution in [0.3, 0.4) is 0 Å². The molecule has 1 N–H and O–H groups in total. The van der Waals surface area contributed by atoms with Gasteiger partial charge in [0.05, 0.1) is 6.20 Å². The molecule has 0 bridgehead atoms. The molecule has 1 fully saturated rings. The van der Waals surface area contributed by atoms with Crippen LogP contribution in [-0.2, 0) is 0 Å². The van der Waals surface area contributed by atoms with Gasteiger partial charge >= 0.3 is 0 Å². The summed E-state index contributed by atoms with van der Waals surface area (Å²) in [5, 5.41) is 3.09. The lowest BCUT2D eigenvalue weighted by molar-refractivity contribution is 0.318. The van der Waals surface area contributed by atoms with E-state index in [1.807, 2.05) is 0 Å². The summed E-state index contributed by atoms with van der Waals surface area (Å²) < 4.78 is 26.2. The normalized spacial score (nSPS) is 23.9. The fourth-order valence-corrected chi connectivity index (χ4v) is 2.72. The molecule has 0 spiro atoms. The van der Waals surface area contributed by atoms with E-state index in [0.717, 1.165) is 31.0 Å². The molecule has 0 saturated heterocycles. The molecule has 0 unspecified atom stereocenters. The third-order valence-corrected chi connectivity index (χ3v) is 3.69. The summed E-state index contributed by atoms with van der Waals surface area (Å²) in [6.07, 6.45) is 8.04. The minimum atomic E-state index is -0.635. The average Bonchev–Trinajstić information content (AvgIpc) is 2.35. The summed E-state index contributed by atoms with van der Waals surface area (Å²) in [4.78, 5) is 3.77. The van der Waals surface area contributed by atoms with Gasteiger partial charge in [0.15, 0.2) is 11.6 Å². The Bertz CT molecular complexity index is 387. The predicted molar refractivity (Wildman–Crippen MR) is 68.4 cm³/mol. The Balaban J connectivity index is 1.87. The molecular weight excluding hydrogens is 234 g/mol. The van der Waals surface area contributed by atoms with E-state index in [2.05, 4.69) is 17.2 Å². The van der Waals surface area contributed by atoms with E-state index in [1.165, 1.54) is 25.7 Å². The van der Waals surface area contributed by atoms with E-state index >= 15 is 0 Å². The smallest absolute Gasteiger partial charge is 0.168 e. The number of halogens is 2. The maximum Gasteiger partial charge on any atom is 0.168 e. The number of nitrogens with one attached hydrogen (secondary N) is 1. The maximum atomic E-state index is 13.4. The summed E-state index contributed by atoms with van der Waals surface area (Å²) in [6, 6.07) is 1.14. The second kappa shape index (κ2) is 6.12. The summed E-state index contributed by atoms with van der Waals surface area (Å²) >= 11 is 0. The number of rotatable bonds is 4. The van der Waals surface area contributed by atoms with Crippen molar-refractivity contribution in [2.45, 2.75) is 51.5 Å². The quantitative estimate of drug-likeness (QED) is 0.873. The maximum absolute atomic E-state index is 13.4. The van der Waals surface area contributed by atoms with Crippen LogP contribution in [0.15, 0.2) is 12.3 Å². The molecule has 1 aromatic heterocycles. The van der Waals surface area contributed by atoms with E-state index in [1.54, 1.807) is 0 Å². The number of nitrogens with zero attached hydrogens (tertiary/aromatic N) is 1. The molecule has 2 nitrogen and oxygen atoms in total. The zero-order valence-electron chi connectivity index (χ0n) is 10.8. The molecule has 18 heavy (non-hydrogen) atoms. The van der Waals surface area contributed by atoms with Crippen molar-refractivity contribution < 1.29 is 8.78 Å². The zero-order valence-corrected chi connectivity index (χ0v) is 10.8. The number of hydrogen-bond acceptors (Lipinski definition) is 2. The molecule has 0 amide bonds. The lowest BCUT2D eigenvalue weighted by atomic mass is 9.83. The van der Waals surface area contributed by atoms with Crippen LogP contribution in [0.1, 0.15) is 45.4 Å². The van der Waals surface area contributed by atoms with Gasteiger partial charge in [0, 0.05) is 12.1 Å². The van der Waals surface area contributed by atoms with E-state index in [0.29, 0.717) is 0 Å². The van der Waals surface area contributed by atoms with Crippen molar-refractivity contribution in [3.63, 3.8) is 0 Å². The molecule has 2 rings (SSSR count). The molecule has 0 radical (unpaired) electrons. The molecule has 1 aromatic rings. The monoisotopic (exact) mass is 254 g/mol. The van der Waals surface area contributed by atoms with E-state index in [4.69, 9.17) is 0 Å². The van der Waals surface area contributed by atoms with Gasteiger partial charge in [-0.05, 0) is 31.6 Å². The highest BCUT2D eigenvalue weighted by Crippen LogP contribution is 2.29. The largest absolute Gasteiger partial charge is 0.365 e. The third-order valence-electron chi connectivity index (χ3n) is 3.69. The van der Waals surface area contributed by atoms with Gasteiger partial charge in [-0.25, -0.2) is 13.8 Å². The molecule has 0 aromatic carbocycles. The van der Waals surface area contributed by atoms with E-state index < -0.39 is 11.6 Å². The second-order valence-corrected chi connectivity index (χ2v) is 5.13. The zero-order chi connectivity index (χ0) is 13.0. The van der Waals surface area contributed by atoms with Gasteiger partial charge in [-0.3, -0.25) is 0 Å². The molecule has 1 saturated carbocycles. The first-order chi connectivity index (χ1) is 8.69. The summed E-state index contributed by atoms with van der Waals surface area (Å²) in [6.45, 7) is 2.21. The van der Waals surface area contributed by atoms with Crippen molar-refractivity contribution >= 4 is 5.82 Å². The Morgan fingerprint density at radius 3 is 2.61 bits per heavy atom. The average molecular weight is 254 g/mol. The number of anilines is 1. The van der Waals surface area contributed by atoms with Crippen LogP contribution in [0.5, 0.6) is 0 Å². The Morgan fingerprint density at radius 1 is 1.28 bits per heavy atom. The highest BCUT2D eigenvalue weighted by molar-refractivity contribution is 5.37. The van der Waals surface area contributed by atoms with Crippen LogP contribution in [0, 0.1) is 17.6 Å². The van der Waals surface area contributed by atoms with E-state index in [9.17, 15) is 8.78 Å². The van der Waals surface area contributed by atoms with Gasteiger partial charge in [0.2, 0.25) is 0 Å². The molecular formula is C14H20F2N2. The summed E-state index contributed by atoms with van der Waals surface area (Å²) in [5.74, 6) is -0.246. The van der Waals surface area contributed by atoms with Crippen molar-refractivity contribution in [2.24, 2.45) is 5.92 Å². The van der Waals surface area contributed by atoms with Crippen molar-refractivity contribution in [1.29, 1.82) is 0 Å². The SMILES string of the molecule is CCCC1CCC(Nc2ncc(F)cc2F)CC1. The van der Waals surface area contributed by atoms with Gasteiger partial charge in [0.1, 0.15) is 5.82 Å². The highest BCUT2D eigenvalue weighted by Gasteiger charge is 2.21. The first-order valence-corrected chi connectivity index (χ1v) is 6.76. The lowest BCUT2D eigenvalue weighted by Crippen LogP contribution is -2.27. The molecule has 0 aliphatic heterocycles. The van der Waals surface area contributed by atoms with Gasteiger partial charge in [-0.15, -0.1) is 0 Å². The van der Waals surface area contributed by atoms with Gasteiger partial charge in [-0.2, -0.15) is 0 Å². The van der Waals surface area contributed by atoms with Crippen molar-refractivity contribution in [3.8, 4) is 0 Å². The fourth-order valence-electron chi connectivity index (χ4n) is 2.72. The second-order valence-electron chi connectivity index (χ2n) is 5.13. The highest BCUT2D eigenvalue weighted by atomic mass is 19.1. The van der Waals surface area contributed by atoms with Crippen LogP contribution in [-0.4, -0.2) is 11.0 Å². The van der Waals surface area contributed by atoms with Gasteiger partial charge in [-0.1, -0.05) is 19.8 Å².